The van der Waals surface area contributed by atoms with E-state index in [1.165, 1.54) is 6.08 Å². The Kier molecular flexibility index (Phi) is 7.57. The molecule has 30 heavy (non-hydrogen) atoms. The molecule has 8 nitrogen and oxygen atoms in total. The van der Waals surface area contributed by atoms with Crippen LogP contribution in [-0.2, 0) is 34.6 Å². The number of aliphatic hydroxyl groups excluding tert-OH is 2. The van der Waals surface area contributed by atoms with Gasteiger partial charge >= 0.3 is 5.97 Å². The van der Waals surface area contributed by atoms with Gasteiger partial charge in [-0.3, -0.25) is 0 Å². The van der Waals surface area contributed by atoms with Crippen LogP contribution < -0.4 is 0 Å². The van der Waals surface area contributed by atoms with E-state index in [2.05, 4.69) is 22.6 Å². The lowest BCUT2D eigenvalue weighted by atomic mass is 9.94. The van der Waals surface area contributed by atoms with E-state index in [1.807, 2.05) is 12.1 Å². The van der Waals surface area contributed by atoms with E-state index in [4.69, 9.17) is 14.2 Å². The molecule has 1 unspecified atom stereocenters. The summed E-state index contributed by atoms with van der Waals surface area (Å²) < 4.78 is 44.0. The molecule has 1 aromatic rings. The number of benzene rings is 1. The van der Waals surface area contributed by atoms with Crippen molar-refractivity contribution in [2.24, 2.45) is 0 Å². The van der Waals surface area contributed by atoms with Crippen molar-refractivity contribution >= 4 is 38.4 Å². The van der Waals surface area contributed by atoms with Gasteiger partial charge in [0.25, 0.3) is 0 Å². The second-order valence-corrected chi connectivity index (χ2v) is 10.6. The molecule has 0 radical (unpaired) electrons. The molecule has 1 spiro atoms. The van der Waals surface area contributed by atoms with Crippen LogP contribution in [0.4, 0.5) is 0 Å². The minimum absolute atomic E-state index is 0.0377. The summed E-state index contributed by atoms with van der Waals surface area (Å²) in [5, 5.41) is 17.9. The minimum atomic E-state index is -3.74. The third-order valence-electron chi connectivity index (χ3n) is 5.21. The topological polar surface area (TPSA) is 119 Å². The first-order valence-corrected chi connectivity index (χ1v) is 12.5. The lowest BCUT2D eigenvalue weighted by Gasteiger charge is -2.33. The average molecular weight is 552 g/mol. The number of rotatable bonds is 7. The number of carbonyl (C=O) groups is 1. The quantitative estimate of drug-likeness (QED) is 0.384. The Labute approximate surface area is 189 Å². The fourth-order valence-corrected chi connectivity index (χ4v) is 6.54. The zero-order valence-corrected chi connectivity index (χ0v) is 19.5. The van der Waals surface area contributed by atoms with E-state index in [9.17, 15) is 23.4 Å². The maximum absolute atomic E-state index is 13.3. The molecule has 3 atom stereocenters. The van der Waals surface area contributed by atoms with Crippen LogP contribution in [0.2, 0.25) is 0 Å². The van der Waals surface area contributed by atoms with Crippen LogP contribution in [0.5, 0.6) is 0 Å². The Hall–Kier alpha value is -1.05. The second kappa shape index (κ2) is 9.61. The summed E-state index contributed by atoms with van der Waals surface area (Å²) in [5.41, 5.74) is 0.625. The summed E-state index contributed by atoms with van der Waals surface area (Å²) in [7, 11) is -3.74. The standard InChI is InChI=1S/C20H25IO8S/c1-2-27-19(24)14-9-20(28-16(10-22)17(11-23)29-20)8-7-18(14)30(25,26)12-13-5-3-4-6-15(13)21/h3-6,9,16-18,22-23H,2,7-8,10-12H2,1H3/t16-,17-,18?/m1/s1. The van der Waals surface area contributed by atoms with Gasteiger partial charge in [0, 0.05) is 9.99 Å². The van der Waals surface area contributed by atoms with E-state index < -0.39 is 39.1 Å². The van der Waals surface area contributed by atoms with Gasteiger partial charge in [0.05, 0.1) is 36.4 Å². The molecule has 166 valence electrons. The molecular formula is C20H25IO8S. The normalized spacial score (nSPS) is 25.9. The molecule has 1 aliphatic heterocycles. The largest absolute Gasteiger partial charge is 0.463 e. The van der Waals surface area contributed by atoms with E-state index in [-0.39, 0.29) is 44.0 Å². The van der Waals surface area contributed by atoms with Crippen molar-refractivity contribution in [2.75, 3.05) is 19.8 Å². The summed E-state index contributed by atoms with van der Waals surface area (Å²) >= 11 is 2.08. The molecule has 10 heteroatoms. The molecule has 2 N–H and O–H groups in total. The van der Waals surface area contributed by atoms with Gasteiger partial charge in [-0.15, -0.1) is 0 Å². The average Bonchev–Trinajstić information content (AvgIpc) is 3.06. The van der Waals surface area contributed by atoms with Crippen LogP contribution in [-0.4, -0.2) is 67.7 Å². The molecular weight excluding hydrogens is 527 g/mol. The maximum Gasteiger partial charge on any atom is 0.335 e. The number of ether oxygens (including phenoxy) is 3. The SMILES string of the molecule is CCOC(=O)C1=CC2(CCC1S(=O)(=O)Cc1ccccc1I)O[C@H](CO)[C@@H](CO)O2. The van der Waals surface area contributed by atoms with Gasteiger partial charge in [-0.05, 0) is 53.6 Å². The lowest BCUT2D eigenvalue weighted by molar-refractivity contribution is -0.154. The van der Waals surface area contributed by atoms with Crippen molar-refractivity contribution in [1.82, 2.24) is 0 Å². The molecule has 1 fully saturated rings. The van der Waals surface area contributed by atoms with Crippen LogP contribution in [0.1, 0.15) is 25.3 Å². The van der Waals surface area contributed by atoms with Crippen molar-refractivity contribution in [2.45, 2.75) is 48.8 Å². The van der Waals surface area contributed by atoms with Crippen molar-refractivity contribution in [3.63, 3.8) is 0 Å². The minimum Gasteiger partial charge on any atom is -0.463 e. The number of esters is 1. The Balaban J connectivity index is 1.95. The Bertz CT molecular complexity index is 901. The van der Waals surface area contributed by atoms with Gasteiger partial charge in [-0.25, -0.2) is 13.2 Å². The fourth-order valence-electron chi connectivity index (χ4n) is 3.79. The maximum atomic E-state index is 13.3. The monoisotopic (exact) mass is 552 g/mol. The molecule has 1 aliphatic carbocycles. The van der Waals surface area contributed by atoms with E-state index in [0.29, 0.717) is 5.56 Å². The Morgan fingerprint density at radius 1 is 1.23 bits per heavy atom. The summed E-state index contributed by atoms with van der Waals surface area (Å²) in [6.07, 6.45) is 0.0682. The van der Waals surface area contributed by atoms with Crippen molar-refractivity contribution in [3.05, 3.63) is 45.0 Å². The van der Waals surface area contributed by atoms with Crippen molar-refractivity contribution in [1.29, 1.82) is 0 Å². The third kappa shape index (κ3) is 4.89. The molecule has 1 heterocycles. The third-order valence-corrected chi connectivity index (χ3v) is 8.34. The van der Waals surface area contributed by atoms with Crippen LogP contribution >= 0.6 is 22.6 Å². The molecule has 3 rings (SSSR count). The summed E-state index contributed by atoms with van der Waals surface area (Å²) in [6.45, 7) is 0.985. The summed E-state index contributed by atoms with van der Waals surface area (Å²) in [5.74, 6) is -2.33. The second-order valence-electron chi connectivity index (χ2n) is 7.24. The Morgan fingerprint density at radius 3 is 2.43 bits per heavy atom. The number of carbonyl (C=O) groups excluding carboxylic acids is 1. The highest BCUT2D eigenvalue weighted by Gasteiger charge is 2.51. The predicted molar refractivity (Wildman–Crippen MR) is 116 cm³/mol. The Morgan fingerprint density at radius 2 is 1.87 bits per heavy atom. The molecule has 0 aromatic heterocycles. The van der Waals surface area contributed by atoms with Crippen LogP contribution in [0.25, 0.3) is 0 Å². The summed E-state index contributed by atoms with van der Waals surface area (Å²) in [6, 6.07) is 7.18. The van der Waals surface area contributed by atoms with Gasteiger partial charge in [0.1, 0.15) is 12.2 Å². The molecule has 0 amide bonds. The number of halogens is 1. The van der Waals surface area contributed by atoms with E-state index in [0.717, 1.165) is 3.57 Å². The van der Waals surface area contributed by atoms with Gasteiger partial charge in [-0.1, -0.05) is 18.2 Å². The highest BCUT2D eigenvalue weighted by molar-refractivity contribution is 14.1. The first-order valence-electron chi connectivity index (χ1n) is 9.67. The summed E-state index contributed by atoms with van der Waals surface area (Å²) in [4.78, 5) is 12.7. The fraction of sp³-hybridized carbons (Fsp3) is 0.550. The molecule has 1 aromatic carbocycles. The number of sulfone groups is 1. The molecule has 2 aliphatic rings. The van der Waals surface area contributed by atoms with Crippen molar-refractivity contribution in [3.8, 4) is 0 Å². The van der Waals surface area contributed by atoms with Crippen LogP contribution in [0.15, 0.2) is 35.9 Å². The van der Waals surface area contributed by atoms with E-state index in [1.54, 1.807) is 19.1 Å². The van der Waals surface area contributed by atoms with Gasteiger partial charge in [-0.2, -0.15) is 0 Å². The first kappa shape index (κ1) is 23.6. The molecule has 0 saturated carbocycles. The predicted octanol–water partition coefficient (Wildman–Crippen LogP) is 1.32. The lowest BCUT2D eigenvalue weighted by Crippen LogP contribution is -2.41. The van der Waals surface area contributed by atoms with Gasteiger partial charge in [0.15, 0.2) is 15.6 Å². The molecule has 0 bridgehead atoms. The van der Waals surface area contributed by atoms with Crippen LogP contribution in [0, 0.1) is 3.57 Å². The highest BCUT2D eigenvalue weighted by Crippen LogP contribution is 2.41. The number of hydrogen-bond acceptors (Lipinski definition) is 8. The molecule has 1 saturated heterocycles. The first-order chi connectivity index (χ1) is 14.2. The smallest absolute Gasteiger partial charge is 0.335 e. The van der Waals surface area contributed by atoms with E-state index >= 15 is 0 Å². The zero-order chi connectivity index (χ0) is 21.9. The van der Waals surface area contributed by atoms with Crippen molar-refractivity contribution < 1.29 is 37.6 Å². The van der Waals surface area contributed by atoms with Gasteiger partial charge < -0.3 is 24.4 Å². The number of hydrogen-bond donors (Lipinski definition) is 2. The van der Waals surface area contributed by atoms with Crippen LogP contribution in [0.3, 0.4) is 0 Å². The highest BCUT2D eigenvalue weighted by atomic mass is 127. The number of aliphatic hydroxyl groups is 2. The van der Waals surface area contributed by atoms with Gasteiger partial charge in [0.2, 0.25) is 0 Å². The zero-order valence-electron chi connectivity index (χ0n) is 16.5.